The number of pyridine rings is 1. The van der Waals surface area contributed by atoms with Crippen molar-refractivity contribution in [2.24, 2.45) is 0 Å². The number of aliphatic hydroxyl groups excluding tert-OH is 1. The molecule has 1 unspecified atom stereocenters. The zero-order chi connectivity index (χ0) is 21.3. The van der Waals surface area contributed by atoms with Crippen LogP contribution < -0.4 is 4.90 Å². The second-order valence-corrected chi connectivity index (χ2v) is 8.19. The molecule has 0 radical (unpaired) electrons. The Morgan fingerprint density at radius 1 is 1.13 bits per heavy atom. The molecule has 0 saturated carbocycles. The standard InChI is InChI=1S/C23H21N3O3S/c1-25(2)17-7-5-16(6-8-17)20-19(21(27)18-4-3-13-30-18)22(28)23(29)26(20)14-15-9-11-24-12-10-15/h3-13,20,28H,14H2,1-2H3. The third-order valence-corrected chi connectivity index (χ3v) is 5.99. The van der Waals surface area contributed by atoms with E-state index in [9.17, 15) is 14.7 Å². The average molecular weight is 420 g/mol. The number of ketones is 1. The first kappa shape index (κ1) is 19.8. The van der Waals surface area contributed by atoms with Crippen LogP contribution in [0, 0.1) is 0 Å². The minimum atomic E-state index is -0.670. The minimum Gasteiger partial charge on any atom is -0.503 e. The van der Waals surface area contributed by atoms with Crippen molar-refractivity contribution in [3.05, 3.63) is 93.6 Å². The molecule has 0 aliphatic carbocycles. The Kier molecular flexibility index (Phi) is 5.37. The number of carbonyl (C=O) groups is 2. The maximum absolute atomic E-state index is 13.2. The maximum atomic E-state index is 13.2. The molecule has 1 aliphatic heterocycles. The Hall–Kier alpha value is -3.45. The second-order valence-electron chi connectivity index (χ2n) is 7.25. The summed E-state index contributed by atoms with van der Waals surface area (Å²) >= 11 is 1.29. The van der Waals surface area contributed by atoms with E-state index in [1.165, 1.54) is 16.2 Å². The molecule has 0 saturated heterocycles. The summed E-state index contributed by atoms with van der Waals surface area (Å²) in [5, 5.41) is 12.5. The van der Waals surface area contributed by atoms with Gasteiger partial charge in [0, 0.05) is 38.7 Å². The van der Waals surface area contributed by atoms with Gasteiger partial charge in [0.05, 0.1) is 16.5 Å². The van der Waals surface area contributed by atoms with Gasteiger partial charge < -0.3 is 14.9 Å². The molecule has 0 fully saturated rings. The molecule has 2 aromatic heterocycles. The predicted octanol–water partition coefficient (Wildman–Crippen LogP) is 3.99. The van der Waals surface area contributed by atoms with E-state index in [1.54, 1.807) is 29.9 Å². The largest absolute Gasteiger partial charge is 0.503 e. The van der Waals surface area contributed by atoms with Gasteiger partial charge in [-0.25, -0.2) is 0 Å². The normalized spacial score (nSPS) is 16.3. The molecule has 1 N–H and O–H groups in total. The topological polar surface area (TPSA) is 73.7 Å². The predicted molar refractivity (Wildman–Crippen MR) is 117 cm³/mol. The fourth-order valence-electron chi connectivity index (χ4n) is 3.58. The SMILES string of the molecule is CN(C)c1ccc(C2C(C(=O)c3cccs3)=C(O)C(=O)N2Cc2ccncc2)cc1. The lowest BCUT2D eigenvalue weighted by atomic mass is 9.95. The van der Waals surface area contributed by atoms with Crippen LogP contribution in [0.2, 0.25) is 0 Å². The molecule has 0 spiro atoms. The van der Waals surface area contributed by atoms with Crippen molar-refractivity contribution >= 4 is 28.7 Å². The molecule has 3 aromatic rings. The highest BCUT2D eigenvalue weighted by molar-refractivity contribution is 7.12. The van der Waals surface area contributed by atoms with Crippen LogP contribution >= 0.6 is 11.3 Å². The van der Waals surface area contributed by atoms with Gasteiger partial charge in [0.15, 0.2) is 5.76 Å². The molecule has 1 atom stereocenters. The molecule has 152 valence electrons. The van der Waals surface area contributed by atoms with Crippen molar-refractivity contribution in [2.45, 2.75) is 12.6 Å². The Morgan fingerprint density at radius 2 is 1.83 bits per heavy atom. The van der Waals surface area contributed by atoms with Crippen LogP contribution in [0.25, 0.3) is 0 Å². The van der Waals surface area contributed by atoms with Crippen molar-refractivity contribution in [1.29, 1.82) is 0 Å². The second kappa shape index (κ2) is 8.12. The number of hydrogen-bond acceptors (Lipinski definition) is 6. The summed E-state index contributed by atoms with van der Waals surface area (Å²) in [6, 6.07) is 14.1. The molecule has 6 nitrogen and oxygen atoms in total. The van der Waals surface area contributed by atoms with Crippen molar-refractivity contribution in [3.63, 3.8) is 0 Å². The summed E-state index contributed by atoms with van der Waals surface area (Å²) in [6.45, 7) is 0.257. The van der Waals surface area contributed by atoms with Crippen LogP contribution in [0.1, 0.15) is 26.8 Å². The van der Waals surface area contributed by atoms with Crippen LogP contribution in [-0.4, -0.2) is 40.8 Å². The average Bonchev–Trinajstić information content (AvgIpc) is 3.37. The monoisotopic (exact) mass is 419 g/mol. The number of nitrogens with zero attached hydrogens (tertiary/aromatic N) is 3. The minimum absolute atomic E-state index is 0.120. The number of aliphatic hydroxyl groups is 1. The van der Waals surface area contributed by atoms with Gasteiger partial charge in [0.25, 0.3) is 5.91 Å². The van der Waals surface area contributed by atoms with Crippen LogP contribution in [0.4, 0.5) is 5.69 Å². The molecule has 30 heavy (non-hydrogen) atoms. The van der Waals surface area contributed by atoms with Crippen molar-refractivity contribution in [2.75, 3.05) is 19.0 Å². The first-order chi connectivity index (χ1) is 14.5. The van der Waals surface area contributed by atoms with Gasteiger partial charge in [0.2, 0.25) is 5.78 Å². The third-order valence-electron chi connectivity index (χ3n) is 5.12. The van der Waals surface area contributed by atoms with Gasteiger partial charge in [-0.1, -0.05) is 18.2 Å². The van der Waals surface area contributed by atoms with Crippen LogP contribution in [0.15, 0.2) is 77.6 Å². The first-order valence-electron chi connectivity index (χ1n) is 9.46. The van der Waals surface area contributed by atoms with E-state index >= 15 is 0 Å². The van der Waals surface area contributed by atoms with E-state index in [0.717, 1.165) is 16.8 Å². The number of benzene rings is 1. The number of carbonyl (C=O) groups excluding carboxylic acids is 2. The summed E-state index contributed by atoms with van der Waals surface area (Å²) in [5.41, 5.74) is 2.76. The van der Waals surface area contributed by atoms with E-state index in [1.807, 2.05) is 55.4 Å². The van der Waals surface area contributed by atoms with Crippen molar-refractivity contribution in [3.8, 4) is 0 Å². The van der Waals surface area contributed by atoms with Crippen molar-refractivity contribution < 1.29 is 14.7 Å². The highest BCUT2D eigenvalue weighted by Gasteiger charge is 2.43. The number of aromatic nitrogens is 1. The van der Waals surface area contributed by atoms with Crippen LogP contribution in [0.5, 0.6) is 0 Å². The van der Waals surface area contributed by atoms with Gasteiger partial charge >= 0.3 is 0 Å². The molecule has 1 aliphatic rings. The van der Waals surface area contributed by atoms with Crippen molar-refractivity contribution in [1.82, 2.24) is 9.88 Å². The number of Topliss-reactive ketones (excluding diaryl/α,β-unsaturated/α-hetero) is 1. The third kappa shape index (κ3) is 3.59. The zero-order valence-corrected chi connectivity index (χ0v) is 17.5. The fraction of sp³-hybridized carbons (Fsp3) is 0.174. The smallest absolute Gasteiger partial charge is 0.290 e. The lowest BCUT2D eigenvalue weighted by molar-refractivity contribution is -0.130. The molecule has 1 amide bonds. The Labute approximate surface area is 178 Å². The van der Waals surface area contributed by atoms with Gasteiger partial charge in [-0.3, -0.25) is 14.6 Å². The molecular formula is C23H21N3O3S. The number of hydrogen-bond donors (Lipinski definition) is 1. The van der Waals surface area contributed by atoms with E-state index in [4.69, 9.17) is 0 Å². The Bertz CT molecular complexity index is 1090. The number of amides is 1. The van der Waals surface area contributed by atoms with Crippen LogP contribution in [-0.2, 0) is 11.3 Å². The summed E-state index contributed by atoms with van der Waals surface area (Å²) < 4.78 is 0. The molecule has 1 aromatic carbocycles. The number of thiophene rings is 1. The Balaban J connectivity index is 1.78. The lowest BCUT2D eigenvalue weighted by Crippen LogP contribution is -2.30. The summed E-state index contributed by atoms with van der Waals surface area (Å²) in [4.78, 5) is 34.2. The highest BCUT2D eigenvalue weighted by Crippen LogP contribution is 2.40. The molecular weight excluding hydrogens is 398 g/mol. The van der Waals surface area contributed by atoms with E-state index < -0.39 is 17.7 Å². The molecule has 7 heteroatoms. The molecule has 0 bridgehead atoms. The summed E-state index contributed by atoms with van der Waals surface area (Å²) in [7, 11) is 3.89. The van der Waals surface area contributed by atoms with E-state index in [-0.39, 0.29) is 17.9 Å². The number of rotatable bonds is 6. The van der Waals surface area contributed by atoms with Gasteiger partial charge in [-0.15, -0.1) is 11.3 Å². The van der Waals surface area contributed by atoms with Crippen LogP contribution in [0.3, 0.4) is 0 Å². The van der Waals surface area contributed by atoms with Gasteiger partial charge in [-0.05, 0) is 46.8 Å². The molecule has 4 rings (SSSR count). The van der Waals surface area contributed by atoms with E-state index in [0.29, 0.717) is 4.88 Å². The van der Waals surface area contributed by atoms with E-state index in [2.05, 4.69) is 4.98 Å². The van der Waals surface area contributed by atoms with Gasteiger partial charge in [-0.2, -0.15) is 0 Å². The van der Waals surface area contributed by atoms with Gasteiger partial charge in [0.1, 0.15) is 0 Å². The Morgan fingerprint density at radius 3 is 2.43 bits per heavy atom. The maximum Gasteiger partial charge on any atom is 0.290 e. The summed E-state index contributed by atoms with van der Waals surface area (Å²) in [6.07, 6.45) is 3.31. The summed E-state index contributed by atoms with van der Waals surface area (Å²) in [5.74, 6) is -1.35. The quantitative estimate of drug-likeness (QED) is 0.612. The zero-order valence-electron chi connectivity index (χ0n) is 16.6. The molecule has 3 heterocycles. The highest BCUT2D eigenvalue weighted by atomic mass is 32.1. The first-order valence-corrected chi connectivity index (χ1v) is 10.3. The number of anilines is 1. The fourth-order valence-corrected chi connectivity index (χ4v) is 4.25. The lowest BCUT2D eigenvalue weighted by Gasteiger charge is -2.27.